The van der Waals surface area contributed by atoms with E-state index in [9.17, 15) is 9.59 Å². The van der Waals surface area contributed by atoms with Crippen LogP contribution in [0.2, 0.25) is 0 Å². The van der Waals surface area contributed by atoms with Gasteiger partial charge in [0.15, 0.2) is 11.3 Å². The molecule has 0 atom stereocenters. The molecule has 90 valence electrons. The largest absolute Gasteiger partial charge is 0.461 e. The molecule has 1 N–H and O–H groups in total. The molecular weight excluding hydrogens is 234 g/mol. The molecule has 0 radical (unpaired) electrons. The van der Waals surface area contributed by atoms with Crippen molar-refractivity contribution in [2.75, 3.05) is 0 Å². The molecule has 2 aromatic heterocycles. The Kier molecular flexibility index (Phi) is 2.19. The fourth-order valence-corrected chi connectivity index (χ4v) is 1.82. The van der Waals surface area contributed by atoms with Gasteiger partial charge in [-0.1, -0.05) is 0 Å². The van der Waals surface area contributed by atoms with Crippen LogP contribution in [0.5, 0.6) is 0 Å². The third kappa shape index (κ3) is 1.57. The molecular formula is C13H9NO4. The maximum absolute atomic E-state index is 12.2. The number of carbonyl (C=O) groups excluding carboxylic acids is 1. The van der Waals surface area contributed by atoms with Crippen molar-refractivity contribution in [1.82, 2.24) is 4.98 Å². The maximum atomic E-state index is 12.2. The minimum absolute atomic E-state index is 0.233. The number of carbonyl (C=O) groups is 1. The van der Waals surface area contributed by atoms with E-state index in [0.717, 1.165) is 5.56 Å². The molecule has 0 bridgehead atoms. The Balaban J connectivity index is 2.12. The molecule has 0 aliphatic carbocycles. The molecule has 0 spiro atoms. The summed E-state index contributed by atoms with van der Waals surface area (Å²) in [6, 6.07) is 6.50. The number of furan rings is 1. The number of aromatic amines is 1. The first-order valence-corrected chi connectivity index (χ1v) is 5.37. The Morgan fingerprint density at radius 2 is 2.11 bits per heavy atom. The van der Waals surface area contributed by atoms with Gasteiger partial charge < -0.3 is 8.83 Å². The van der Waals surface area contributed by atoms with Crippen molar-refractivity contribution in [1.29, 1.82) is 0 Å². The summed E-state index contributed by atoms with van der Waals surface area (Å²) in [5.41, 5.74) is 2.11. The average molecular weight is 243 g/mol. The smallest absolute Gasteiger partial charge is 0.417 e. The topological polar surface area (TPSA) is 76.2 Å². The molecule has 5 heteroatoms. The third-order valence-electron chi connectivity index (χ3n) is 2.75. The number of hydrogen-bond acceptors (Lipinski definition) is 4. The molecule has 0 fully saturated rings. The van der Waals surface area contributed by atoms with E-state index >= 15 is 0 Å². The SMILES string of the molecule is Cc1ccoc1C(=O)c1ccc2[nH]c(=O)oc2c1. The first kappa shape index (κ1) is 10.6. The van der Waals surface area contributed by atoms with Crippen LogP contribution in [0.25, 0.3) is 11.1 Å². The Morgan fingerprint density at radius 1 is 1.28 bits per heavy atom. The van der Waals surface area contributed by atoms with E-state index in [0.29, 0.717) is 22.4 Å². The second-order valence-electron chi connectivity index (χ2n) is 3.99. The zero-order valence-corrected chi connectivity index (χ0v) is 9.52. The lowest BCUT2D eigenvalue weighted by molar-refractivity contribution is 0.101. The van der Waals surface area contributed by atoms with Gasteiger partial charge in [0.2, 0.25) is 5.78 Å². The maximum Gasteiger partial charge on any atom is 0.417 e. The summed E-state index contributed by atoms with van der Waals surface area (Å²) in [7, 11) is 0. The average Bonchev–Trinajstić information content (AvgIpc) is 2.91. The molecule has 3 aromatic rings. The Bertz CT molecular complexity index is 791. The molecule has 0 aliphatic heterocycles. The van der Waals surface area contributed by atoms with E-state index in [4.69, 9.17) is 8.83 Å². The van der Waals surface area contributed by atoms with Gasteiger partial charge in [0.05, 0.1) is 11.8 Å². The van der Waals surface area contributed by atoms with E-state index in [1.165, 1.54) is 12.3 Å². The second-order valence-corrected chi connectivity index (χ2v) is 3.99. The van der Waals surface area contributed by atoms with Crippen molar-refractivity contribution in [3.8, 4) is 0 Å². The van der Waals surface area contributed by atoms with Gasteiger partial charge in [-0.05, 0) is 36.8 Å². The van der Waals surface area contributed by atoms with Gasteiger partial charge in [-0.15, -0.1) is 0 Å². The van der Waals surface area contributed by atoms with Gasteiger partial charge in [0.25, 0.3) is 0 Å². The summed E-state index contributed by atoms with van der Waals surface area (Å²) in [4.78, 5) is 25.7. The van der Waals surface area contributed by atoms with Crippen molar-refractivity contribution >= 4 is 16.9 Å². The molecule has 3 rings (SSSR count). The summed E-state index contributed by atoms with van der Waals surface area (Å²) in [6.45, 7) is 1.80. The fourth-order valence-electron chi connectivity index (χ4n) is 1.82. The number of ketones is 1. The Labute approximate surface area is 101 Å². The van der Waals surface area contributed by atoms with Crippen molar-refractivity contribution in [2.45, 2.75) is 6.92 Å². The van der Waals surface area contributed by atoms with E-state index in [1.807, 2.05) is 0 Å². The molecule has 0 saturated carbocycles. The van der Waals surface area contributed by atoms with Crippen molar-refractivity contribution in [3.05, 3.63) is 58.0 Å². The molecule has 0 saturated heterocycles. The summed E-state index contributed by atoms with van der Waals surface area (Å²) in [5, 5.41) is 0. The van der Waals surface area contributed by atoms with Crippen LogP contribution in [0.3, 0.4) is 0 Å². The zero-order chi connectivity index (χ0) is 12.7. The second kappa shape index (κ2) is 3.73. The van der Waals surface area contributed by atoms with Gasteiger partial charge in [-0.3, -0.25) is 9.78 Å². The number of rotatable bonds is 2. The number of nitrogens with one attached hydrogen (secondary N) is 1. The van der Waals surface area contributed by atoms with Crippen molar-refractivity contribution in [3.63, 3.8) is 0 Å². The first-order chi connectivity index (χ1) is 8.65. The lowest BCUT2D eigenvalue weighted by Crippen LogP contribution is -2.01. The van der Waals surface area contributed by atoms with Crippen LogP contribution in [-0.2, 0) is 0 Å². The standard InChI is InChI=1S/C13H9NO4/c1-7-4-5-17-12(7)11(15)8-2-3-9-10(6-8)18-13(16)14-9/h2-6H,1H3,(H,14,16). The number of benzene rings is 1. The first-order valence-electron chi connectivity index (χ1n) is 5.37. The van der Waals surface area contributed by atoms with Crippen molar-refractivity contribution < 1.29 is 13.6 Å². The van der Waals surface area contributed by atoms with Crippen LogP contribution in [0, 0.1) is 6.92 Å². The minimum atomic E-state index is -0.538. The molecule has 0 amide bonds. The lowest BCUT2D eigenvalue weighted by Gasteiger charge is -1.98. The highest BCUT2D eigenvalue weighted by Crippen LogP contribution is 2.18. The predicted molar refractivity (Wildman–Crippen MR) is 63.7 cm³/mol. The summed E-state index contributed by atoms with van der Waals surface area (Å²) in [5.74, 6) is -0.473. The van der Waals surface area contributed by atoms with Crippen LogP contribution >= 0.6 is 0 Å². The molecule has 5 nitrogen and oxygen atoms in total. The van der Waals surface area contributed by atoms with Crippen LogP contribution in [-0.4, -0.2) is 10.8 Å². The highest BCUT2D eigenvalue weighted by atomic mass is 16.4. The summed E-state index contributed by atoms with van der Waals surface area (Å²) >= 11 is 0. The van der Waals surface area contributed by atoms with Gasteiger partial charge in [-0.25, -0.2) is 4.79 Å². The molecule has 2 heterocycles. The molecule has 0 unspecified atom stereocenters. The van der Waals surface area contributed by atoms with Gasteiger partial charge in [0.1, 0.15) is 0 Å². The monoisotopic (exact) mass is 243 g/mol. The predicted octanol–water partition coefficient (Wildman–Crippen LogP) is 2.25. The van der Waals surface area contributed by atoms with Crippen molar-refractivity contribution in [2.24, 2.45) is 0 Å². The Hall–Kier alpha value is -2.56. The number of aryl methyl sites for hydroxylation is 1. The highest BCUT2D eigenvalue weighted by molar-refractivity contribution is 6.09. The fraction of sp³-hybridized carbons (Fsp3) is 0.0769. The Morgan fingerprint density at radius 3 is 2.83 bits per heavy atom. The summed E-state index contributed by atoms with van der Waals surface area (Å²) < 4.78 is 10.1. The number of hydrogen-bond donors (Lipinski definition) is 1. The van der Waals surface area contributed by atoms with E-state index in [2.05, 4.69) is 4.98 Å². The zero-order valence-electron chi connectivity index (χ0n) is 9.52. The van der Waals surface area contributed by atoms with Gasteiger partial charge in [0, 0.05) is 5.56 Å². The quantitative estimate of drug-likeness (QED) is 0.700. The van der Waals surface area contributed by atoms with Crippen LogP contribution < -0.4 is 5.76 Å². The molecule has 1 aromatic carbocycles. The van der Waals surface area contributed by atoms with Crippen LogP contribution in [0.4, 0.5) is 0 Å². The van der Waals surface area contributed by atoms with Gasteiger partial charge in [-0.2, -0.15) is 0 Å². The number of H-pyrrole nitrogens is 1. The number of fused-ring (bicyclic) bond motifs is 1. The van der Waals surface area contributed by atoms with Crippen LogP contribution in [0.15, 0.2) is 44.2 Å². The third-order valence-corrected chi connectivity index (χ3v) is 2.75. The van der Waals surface area contributed by atoms with Gasteiger partial charge >= 0.3 is 5.76 Å². The normalized spacial score (nSPS) is 10.9. The molecule has 18 heavy (non-hydrogen) atoms. The van der Waals surface area contributed by atoms with E-state index in [1.54, 1.807) is 25.1 Å². The number of aromatic nitrogens is 1. The highest BCUT2D eigenvalue weighted by Gasteiger charge is 2.16. The van der Waals surface area contributed by atoms with E-state index in [-0.39, 0.29) is 5.78 Å². The summed E-state index contributed by atoms with van der Waals surface area (Å²) in [6.07, 6.45) is 1.47. The lowest BCUT2D eigenvalue weighted by atomic mass is 10.1. The number of oxazole rings is 1. The minimum Gasteiger partial charge on any atom is -0.461 e. The van der Waals surface area contributed by atoms with Crippen LogP contribution in [0.1, 0.15) is 21.7 Å². The molecule has 0 aliphatic rings. The van der Waals surface area contributed by atoms with E-state index < -0.39 is 5.76 Å².